The van der Waals surface area contributed by atoms with Crippen LogP contribution in [0.1, 0.15) is 68.3 Å². The van der Waals surface area contributed by atoms with Gasteiger partial charge in [0.1, 0.15) is 12.6 Å². The van der Waals surface area contributed by atoms with Crippen molar-refractivity contribution in [2.45, 2.75) is 64.0 Å². The van der Waals surface area contributed by atoms with Gasteiger partial charge in [0.15, 0.2) is 23.1 Å². The number of aryl methyl sites for hydroxylation is 1. The molecule has 2 atom stereocenters. The Morgan fingerprint density at radius 3 is 2.89 bits per heavy atom. The molecule has 8 nitrogen and oxygen atoms in total. The maximum Gasteiger partial charge on any atom is 0.325 e. The topological polar surface area (TPSA) is 93.2 Å². The minimum atomic E-state index is -1.02. The van der Waals surface area contributed by atoms with Gasteiger partial charge in [-0.2, -0.15) is 0 Å². The van der Waals surface area contributed by atoms with Gasteiger partial charge in [-0.25, -0.2) is 9.37 Å². The molecule has 0 amide bonds. The summed E-state index contributed by atoms with van der Waals surface area (Å²) in [7, 11) is 1.37. The average molecular weight is 516 g/mol. The van der Waals surface area contributed by atoms with Gasteiger partial charge in [0.05, 0.1) is 19.8 Å². The summed E-state index contributed by atoms with van der Waals surface area (Å²) in [6, 6.07) is 6.20. The Hall–Kier alpha value is -2.91. The monoisotopic (exact) mass is 515 g/mol. The number of nitrogens with zero attached hydrogens (tertiary/aromatic N) is 2. The molecule has 0 spiro atoms. The highest BCUT2D eigenvalue weighted by molar-refractivity contribution is 5.77. The van der Waals surface area contributed by atoms with Gasteiger partial charge in [0.2, 0.25) is 0 Å². The van der Waals surface area contributed by atoms with E-state index in [1.165, 1.54) is 13.2 Å². The molecule has 2 aliphatic heterocycles. The Balaban J connectivity index is 1.25. The molecule has 37 heavy (non-hydrogen) atoms. The summed E-state index contributed by atoms with van der Waals surface area (Å²) >= 11 is 0. The van der Waals surface area contributed by atoms with Crippen molar-refractivity contribution in [3.63, 3.8) is 0 Å². The molecule has 2 aromatic rings. The molecule has 1 aromatic heterocycles. The minimum Gasteiger partial charge on any atom is -0.493 e. The number of aliphatic carboxylic acids is 1. The second kappa shape index (κ2) is 12.6. The van der Waals surface area contributed by atoms with E-state index in [4.69, 9.17) is 14.2 Å². The van der Waals surface area contributed by atoms with Crippen molar-refractivity contribution < 1.29 is 28.5 Å². The number of carboxylic acid groups (broad SMARTS) is 1. The molecule has 0 bridgehead atoms. The summed E-state index contributed by atoms with van der Waals surface area (Å²) < 4.78 is 31.7. The van der Waals surface area contributed by atoms with Gasteiger partial charge in [-0.1, -0.05) is 20.3 Å². The molecule has 0 radical (unpaired) electrons. The molecular formula is C28H38FN3O5. The molecule has 0 saturated carbocycles. The van der Waals surface area contributed by atoms with Gasteiger partial charge >= 0.3 is 5.97 Å². The van der Waals surface area contributed by atoms with E-state index in [0.29, 0.717) is 31.9 Å². The lowest BCUT2D eigenvalue weighted by Gasteiger charge is -2.27. The van der Waals surface area contributed by atoms with Crippen LogP contribution >= 0.6 is 0 Å². The number of benzene rings is 1. The van der Waals surface area contributed by atoms with E-state index in [9.17, 15) is 14.3 Å². The van der Waals surface area contributed by atoms with Gasteiger partial charge in [0, 0.05) is 31.0 Å². The van der Waals surface area contributed by atoms with Crippen LogP contribution in [-0.4, -0.2) is 67.0 Å². The quantitative estimate of drug-likeness (QED) is 0.390. The Labute approximate surface area is 218 Å². The molecule has 202 valence electrons. The van der Waals surface area contributed by atoms with Crippen LogP contribution in [0.2, 0.25) is 0 Å². The summed E-state index contributed by atoms with van der Waals surface area (Å²) in [4.78, 5) is 18.8. The van der Waals surface area contributed by atoms with Crippen molar-refractivity contribution in [2.24, 2.45) is 0 Å². The van der Waals surface area contributed by atoms with Crippen LogP contribution in [0.5, 0.6) is 11.5 Å². The number of methoxy groups -OCH3 is 1. The van der Waals surface area contributed by atoms with Crippen LogP contribution < -0.4 is 14.8 Å². The van der Waals surface area contributed by atoms with E-state index < -0.39 is 17.8 Å². The lowest BCUT2D eigenvalue weighted by atomic mass is 9.95. The highest BCUT2D eigenvalue weighted by Gasteiger charge is 2.36. The second-order valence-electron chi connectivity index (χ2n) is 10.0. The predicted molar refractivity (Wildman–Crippen MR) is 139 cm³/mol. The van der Waals surface area contributed by atoms with Crippen molar-refractivity contribution >= 4 is 11.8 Å². The van der Waals surface area contributed by atoms with Crippen molar-refractivity contribution in [1.82, 2.24) is 9.88 Å². The first kappa shape index (κ1) is 27.1. The number of hydrogen-bond donors (Lipinski definition) is 2. The fraction of sp³-hybridized carbons (Fsp3) is 0.571. The highest BCUT2D eigenvalue weighted by Crippen LogP contribution is 2.37. The summed E-state index contributed by atoms with van der Waals surface area (Å²) in [6.07, 6.45) is 4.58. The number of pyridine rings is 1. The van der Waals surface area contributed by atoms with E-state index in [-0.39, 0.29) is 17.8 Å². The molecule has 1 fully saturated rings. The van der Waals surface area contributed by atoms with Gasteiger partial charge in [-0.05, 0) is 61.4 Å². The fourth-order valence-corrected chi connectivity index (χ4v) is 5.03. The molecule has 3 heterocycles. The van der Waals surface area contributed by atoms with Gasteiger partial charge in [-0.3, -0.25) is 9.69 Å². The third-order valence-corrected chi connectivity index (χ3v) is 7.03. The Bertz CT molecular complexity index is 1080. The van der Waals surface area contributed by atoms with E-state index in [1.807, 2.05) is 30.9 Å². The molecule has 1 saturated heterocycles. The molecule has 0 unspecified atom stereocenters. The van der Waals surface area contributed by atoms with E-state index in [1.54, 1.807) is 6.07 Å². The summed E-state index contributed by atoms with van der Waals surface area (Å²) in [5.41, 5.74) is 2.16. The Morgan fingerprint density at radius 1 is 1.30 bits per heavy atom. The average Bonchev–Trinajstić information content (AvgIpc) is 3.33. The molecule has 1 aromatic carbocycles. The number of hydrogen-bond acceptors (Lipinski definition) is 7. The molecule has 4 rings (SSSR count). The van der Waals surface area contributed by atoms with Gasteiger partial charge in [0.25, 0.3) is 0 Å². The molecule has 2 aliphatic rings. The number of unbranched alkanes of at least 4 members (excludes halogenated alkanes) is 2. The predicted octanol–water partition coefficient (Wildman–Crippen LogP) is 4.79. The van der Waals surface area contributed by atoms with Crippen LogP contribution in [0.4, 0.5) is 10.2 Å². The van der Waals surface area contributed by atoms with Gasteiger partial charge < -0.3 is 24.6 Å². The lowest BCUT2D eigenvalue weighted by molar-refractivity contribution is -0.143. The van der Waals surface area contributed by atoms with Crippen LogP contribution in [0.15, 0.2) is 24.3 Å². The van der Waals surface area contributed by atoms with E-state index in [0.717, 1.165) is 61.5 Å². The number of anilines is 1. The summed E-state index contributed by atoms with van der Waals surface area (Å²) in [5, 5.41) is 13.3. The largest absolute Gasteiger partial charge is 0.493 e. The number of ether oxygens (including phenoxy) is 3. The number of aromatic nitrogens is 1. The third-order valence-electron chi connectivity index (χ3n) is 7.03. The van der Waals surface area contributed by atoms with E-state index >= 15 is 0 Å². The zero-order valence-corrected chi connectivity index (χ0v) is 22.0. The first-order chi connectivity index (χ1) is 17.9. The standard InChI is InChI=1S/C28H38FN3O5/c1-18(2)19-15-22(26(35-3)23(29)16-19)25(28(33)34)32-12-10-21(17-32)36-13-6-4-5-7-20-8-9-24-27(31-20)30-11-14-37-24/h8-9,15-16,18,21,25H,4-7,10-14,17H2,1-3H3,(H,30,31)(H,33,34)/t21-,25+/m1/s1. The maximum atomic E-state index is 14.7. The van der Waals surface area contributed by atoms with Gasteiger partial charge in [-0.15, -0.1) is 0 Å². The van der Waals surface area contributed by atoms with Crippen LogP contribution in [0.25, 0.3) is 0 Å². The number of halogens is 1. The van der Waals surface area contributed by atoms with Crippen molar-refractivity contribution in [1.29, 1.82) is 0 Å². The summed E-state index contributed by atoms with van der Waals surface area (Å²) in [5.74, 6) is 0.160. The van der Waals surface area contributed by atoms with E-state index in [2.05, 4.69) is 10.3 Å². The number of fused-ring (bicyclic) bond motifs is 1. The SMILES string of the molecule is COc1c(F)cc(C(C)C)cc1[C@@H](C(=O)O)N1CC[C@@H](OCCCCCc2ccc3c(n2)NCCO3)C1. The van der Waals surface area contributed by atoms with Crippen LogP contribution in [0.3, 0.4) is 0 Å². The number of nitrogens with one attached hydrogen (secondary N) is 1. The Morgan fingerprint density at radius 2 is 2.14 bits per heavy atom. The number of rotatable bonds is 12. The number of carbonyl (C=O) groups is 1. The Kier molecular flexibility index (Phi) is 9.21. The third kappa shape index (κ3) is 6.70. The number of likely N-dealkylation sites (tertiary alicyclic amines) is 1. The molecule has 2 N–H and O–H groups in total. The highest BCUT2D eigenvalue weighted by atomic mass is 19.1. The zero-order chi connectivity index (χ0) is 26.4. The minimum absolute atomic E-state index is 0.00195. The second-order valence-corrected chi connectivity index (χ2v) is 10.0. The first-order valence-electron chi connectivity index (χ1n) is 13.2. The normalized spacial score (nSPS) is 18.2. The van der Waals surface area contributed by atoms with Crippen molar-refractivity contribution in [3.8, 4) is 11.5 Å². The number of carboxylic acids is 1. The van der Waals surface area contributed by atoms with Crippen LogP contribution in [0, 0.1) is 5.82 Å². The first-order valence-corrected chi connectivity index (χ1v) is 13.2. The molecule has 0 aliphatic carbocycles. The maximum absolute atomic E-state index is 14.7. The smallest absolute Gasteiger partial charge is 0.325 e. The zero-order valence-electron chi connectivity index (χ0n) is 22.0. The lowest BCUT2D eigenvalue weighted by Crippen LogP contribution is -2.34. The summed E-state index contributed by atoms with van der Waals surface area (Å²) in [6.45, 7) is 7.04. The van der Waals surface area contributed by atoms with Crippen molar-refractivity contribution in [3.05, 3.63) is 46.9 Å². The molecular weight excluding hydrogens is 477 g/mol. The van der Waals surface area contributed by atoms with Crippen LogP contribution in [-0.2, 0) is 16.0 Å². The van der Waals surface area contributed by atoms with Crippen molar-refractivity contribution in [2.75, 3.05) is 45.3 Å². The molecule has 9 heteroatoms. The fourth-order valence-electron chi connectivity index (χ4n) is 5.03.